The van der Waals surface area contributed by atoms with Gasteiger partial charge in [-0.05, 0) is 67.2 Å². The second-order valence-corrected chi connectivity index (χ2v) is 10.9. The van der Waals surface area contributed by atoms with Gasteiger partial charge in [0.15, 0.2) is 0 Å². The molecule has 0 bridgehead atoms. The number of nitrogens with one attached hydrogen (secondary N) is 2. The Kier molecular flexibility index (Phi) is 8.81. The average Bonchev–Trinajstić information content (AvgIpc) is 3.41. The molecule has 3 aliphatic rings. The number of carbonyl (C=O) groups is 2. The molecule has 2 aliphatic heterocycles. The Labute approximate surface area is 234 Å². The topological polar surface area (TPSA) is 96.7 Å². The average molecular weight is 547 g/mol. The van der Waals surface area contributed by atoms with Crippen molar-refractivity contribution in [3.63, 3.8) is 0 Å². The molecule has 0 radical (unpaired) electrons. The summed E-state index contributed by atoms with van der Waals surface area (Å²) in [6.07, 6.45) is 10.5. The molecule has 0 aromatic heterocycles. The van der Waals surface area contributed by atoms with Gasteiger partial charge in [0.25, 0.3) is 0 Å². The first-order valence-corrected chi connectivity index (χ1v) is 14.0. The van der Waals surface area contributed by atoms with Crippen LogP contribution in [0.4, 0.5) is 11.4 Å². The number of nitrogens with zero attached hydrogens (tertiary/aromatic N) is 1. The Bertz CT molecular complexity index is 1280. The van der Waals surface area contributed by atoms with E-state index in [4.69, 9.17) is 22.1 Å². The molecule has 4 N–H and O–H groups in total. The van der Waals surface area contributed by atoms with Gasteiger partial charge in [-0.3, -0.25) is 14.5 Å². The Balaban J connectivity index is 1.28. The van der Waals surface area contributed by atoms with E-state index in [0.29, 0.717) is 17.4 Å². The van der Waals surface area contributed by atoms with Crippen molar-refractivity contribution in [2.75, 3.05) is 37.4 Å². The Morgan fingerprint density at radius 1 is 0.974 bits per heavy atom. The minimum atomic E-state index is -0.246. The summed E-state index contributed by atoms with van der Waals surface area (Å²) in [4.78, 5) is 28.3. The second-order valence-electron chi connectivity index (χ2n) is 10.4. The van der Waals surface area contributed by atoms with Gasteiger partial charge in [0.2, 0.25) is 11.8 Å². The molecule has 204 valence electrons. The van der Waals surface area contributed by atoms with E-state index in [-0.39, 0.29) is 23.7 Å². The van der Waals surface area contributed by atoms with Crippen molar-refractivity contribution in [3.05, 3.63) is 88.6 Å². The van der Waals surface area contributed by atoms with Gasteiger partial charge in [-0.1, -0.05) is 48.0 Å². The zero-order chi connectivity index (χ0) is 27.2. The van der Waals surface area contributed by atoms with Gasteiger partial charge in [0.05, 0.1) is 17.3 Å². The number of rotatable bonds is 7. The number of ether oxygens (including phenoxy) is 1. The summed E-state index contributed by atoms with van der Waals surface area (Å²) in [6.45, 7) is 3.11. The third-order valence-corrected chi connectivity index (χ3v) is 8.10. The Morgan fingerprint density at radius 2 is 1.74 bits per heavy atom. The molecule has 2 atom stereocenters. The first-order chi connectivity index (χ1) is 19.0. The van der Waals surface area contributed by atoms with Crippen molar-refractivity contribution in [2.24, 2.45) is 5.92 Å². The number of halogens is 1. The van der Waals surface area contributed by atoms with E-state index in [0.717, 1.165) is 73.8 Å². The zero-order valence-corrected chi connectivity index (χ0v) is 22.7. The van der Waals surface area contributed by atoms with Gasteiger partial charge in [-0.15, -0.1) is 0 Å². The SMILES string of the molecule is Nc1ccccc1NC(=O)/C=C/c1ccc(C2CN(C3CCOCC3)CC2C(=O)NC2=CC=C(Cl)CC2)cc1. The maximum Gasteiger partial charge on any atom is 0.248 e. The van der Waals surface area contributed by atoms with Crippen LogP contribution in [0.1, 0.15) is 42.7 Å². The number of hydrogen-bond acceptors (Lipinski definition) is 5. The van der Waals surface area contributed by atoms with E-state index >= 15 is 0 Å². The maximum atomic E-state index is 13.5. The summed E-state index contributed by atoms with van der Waals surface area (Å²) in [5, 5.41) is 6.79. The van der Waals surface area contributed by atoms with E-state index in [2.05, 4.69) is 27.7 Å². The number of hydrogen-bond donors (Lipinski definition) is 3. The summed E-state index contributed by atoms with van der Waals surface area (Å²) >= 11 is 6.10. The first-order valence-electron chi connectivity index (χ1n) is 13.6. The summed E-state index contributed by atoms with van der Waals surface area (Å²) in [5.41, 5.74) is 9.98. The number of benzene rings is 2. The van der Waals surface area contributed by atoms with Crippen molar-refractivity contribution in [3.8, 4) is 0 Å². The zero-order valence-electron chi connectivity index (χ0n) is 21.9. The monoisotopic (exact) mass is 546 g/mol. The number of nitrogen functional groups attached to an aromatic ring is 1. The molecule has 39 heavy (non-hydrogen) atoms. The van der Waals surface area contributed by atoms with Crippen molar-refractivity contribution in [2.45, 2.75) is 37.6 Å². The largest absolute Gasteiger partial charge is 0.397 e. The molecule has 1 aliphatic carbocycles. The molecule has 0 saturated carbocycles. The molecule has 2 aromatic rings. The maximum absolute atomic E-state index is 13.5. The lowest BCUT2D eigenvalue weighted by atomic mass is 9.87. The molecule has 8 heteroatoms. The van der Waals surface area contributed by atoms with Crippen molar-refractivity contribution in [1.82, 2.24) is 10.2 Å². The van der Waals surface area contributed by atoms with E-state index in [1.54, 1.807) is 18.2 Å². The number of amides is 2. The fraction of sp³-hybridized carbons (Fsp3) is 0.355. The molecule has 2 amide bonds. The molecule has 2 saturated heterocycles. The van der Waals surface area contributed by atoms with E-state index in [9.17, 15) is 9.59 Å². The highest BCUT2D eigenvalue weighted by Crippen LogP contribution is 2.36. The summed E-state index contributed by atoms with van der Waals surface area (Å²) in [6, 6.07) is 15.8. The molecule has 2 aromatic carbocycles. The van der Waals surface area contributed by atoms with Gasteiger partial charge in [-0.2, -0.15) is 0 Å². The van der Waals surface area contributed by atoms with Crippen molar-refractivity contribution in [1.29, 1.82) is 0 Å². The van der Waals surface area contributed by atoms with Crippen LogP contribution in [-0.2, 0) is 14.3 Å². The third-order valence-electron chi connectivity index (χ3n) is 7.78. The van der Waals surface area contributed by atoms with Crippen molar-refractivity contribution >= 4 is 40.9 Å². The smallest absolute Gasteiger partial charge is 0.248 e. The quantitative estimate of drug-likeness (QED) is 0.334. The molecule has 2 heterocycles. The molecule has 0 spiro atoms. The van der Waals surface area contributed by atoms with Crippen molar-refractivity contribution < 1.29 is 14.3 Å². The van der Waals surface area contributed by atoms with Gasteiger partial charge < -0.3 is 21.1 Å². The standard InChI is InChI=1S/C31H35ClN4O3/c32-23-10-12-24(13-11-23)34-31(38)27-20-36(25-15-17-39-18-16-25)19-26(27)22-8-5-21(6-9-22)7-14-30(37)35-29-4-2-1-3-28(29)33/h1-10,12,14,25-27H,11,13,15-20,33H2,(H,34,38)(H,35,37)/b14-7+. The van der Waals surface area contributed by atoms with Crippen LogP contribution in [0.3, 0.4) is 0 Å². The predicted molar refractivity (Wildman–Crippen MR) is 156 cm³/mol. The number of nitrogens with two attached hydrogens (primary N) is 1. The summed E-state index contributed by atoms with van der Waals surface area (Å²) < 4.78 is 5.58. The summed E-state index contributed by atoms with van der Waals surface area (Å²) in [5.74, 6) is -0.255. The van der Waals surface area contributed by atoms with Gasteiger partial charge >= 0.3 is 0 Å². The molecule has 5 rings (SSSR count). The fourth-order valence-corrected chi connectivity index (χ4v) is 5.72. The Hall–Kier alpha value is -3.39. The van der Waals surface area contributed by atoms with Crippen LogP contribution in [-0.4, -0.2) is 49.1 Å². The normalized spacial score (nSPS) is 22.4. The Morgan fingerprint density at radius 3 is 2.46 bits per heavy atom. The number of para-hydroxylation sites is 2. The lowest BCUT2D eigenvalue weighted by molar-refractivity contribution is -0.124. The van der Waals surface area contributed by atoms with Gasteiger partial charge in [0.1, 0.15) is 0 Å². The highest BCUT2D eigenvalue weighted by Gasteiger charge is 2.41. The third kappa shape index (κ3) is 6.98. The first kappa shape index (κ1) is 27.2. The van der Waals surface area contributed by atoms with E-state index in [1.165, 1.54) is 6.08 Å². The number of allylic oxidation sites excluding steroid dienone is 4. The number of carbonyl (C=O) groups excluding carboxylic acids is 2. The van der Waals surface area contributed by atoms with Gasteiger partial charge in [0, 0.05) is 55.1 Å². The molecular weight excluding hydrogens is 512 g/mol. The van der Waals surface area contributed by atoms with Gasteiger partial charge in [-0.25, -0.2) is 0 Å². The highest BCUT2D eigenvalue weighted by molar-refractivity contribution is 6.29. The van der Waals surface area contributed by atoms with Crippen LogP contribution < -0.4 is 16.4 Å². The summed E-state index contributed by atoms with van der Waals surface area (Å²) in [7, 11) is 0. The van der Waals surface area contributed by atoms with Crippen LogP contribution in [0.25, 0.3) is 6.08 Å². The highest BCUT2D eigenvalue weighted by atomic mass is 35.5. The minimum Gasteiger partial charge on any atom is -0.397 e. The van der Waals surface area contributed by atoms with E-state index in [1.807, 2.05) is 36.4 Å². The van der Waals surface area contributed by atoms with E-state index < -0.39 is 0 Å². The molecule has 7 nitrogen and oxygen atoms in total. The minimum absolute atomic E-state index is 0.0630. The lowest BCUT2D eigenvalue weighted by Crippen LogP contribution is -2.39. The fourth-order valence-electron chi connectivity index (χ4n) is 5.56. The second kappa shape index (κ2) is 12.6. The van der Waals surface area contributed by atoms with Crippen LogP contribution in [0.2, 0.25) is 0 Å². The predicted octanol–water partition coefficient (Wildman–Crippen LogP) is 5.03. The van der Waals surface area contributed by atoms with Crippen LogP contribution in [0.5, 0.6) is 0 Å². The van der Waals surface area contributed by atoms with Crippen LogP contribution in [0.15, 0.2) is 77.5 Å². The molecule has 2 fully saturated rings. The number of anilines is 2. The lowest BCUT2D eigenvalue weighted by Gasteiger charge is -2.31. The number of likely N-dealkylation sites (tertiary alicyclic amines) is 1. The molecule has 2 unspecified atom stereocenters. The van der Waals surface area contributed by atoms with Crippen LogP contribution >= 0.6 is 11.6 Å². The molecular formula is C31H35ClN4O3. The van der Waals surface area contributed by atoms with Crippen LogP contribution in [0, 0.1) is 5.92 Å².